The largest absolute Gasteiger partial charge is 0.481 e. The van der Waals surface area contributed by atoms with Crippen LogP contribution >= 0.6 is 0 Å². The Bertz CT molecular complexity index is 994. The van der Waals surface area contributed by atoms with Gasteiger partial charge in [-0.25, -0.2) is 0 Å². The van der Waals surface area contributed by atoms with E-state index in [0.29, 0.717) is 6.42 Å². The SMILES string of the molecule is O=C(O)CC[C@H](c1ccccc1)C(c1ccccc1)(c1ccccc1)c1ccccc1. The van der Waals surface area contributed by atoms with Gasteiger partial charge in [0.2, 0.25) is 0 Å². The molecule has 0 radical (unpaired) electrons. The molecule has 31 heavy (non-hydrogen) atoms. The predicted molar refractivity (Wildman–Crippen MR) is 125 cm³/mol. The molecule has 4 aromatic rings. The molecular weight excluding hydrogens is 380 g/mol. The molecule has 2 heteroatoms. The maximum Gasteiger partial charge on any atom is 0.303 e. The number of hydrogen-bond acceptors (Lipinski definition) is 1. The van der Waals surface area contributed by atoms with Crippen LogP contribution in [0.25, 0.3) is 0 Å². The van der Waals surface area contributed by atoms with Gasteiger partial charge < -0.3 is 5.11 Å². The van der Waals surface area contributed by atoms with E-state index in [1.165, 1.54) is 0 Å². The van der Waals surface area contributed by atoms with Gasteiger partial charge in [-0.2, -0.15) is 0 Å². The van der Waals surface area contributed by atoms with Crippen LogP contribution in [-0.2, 0) is 10.2 Å². The molecule has 2 nitrogen and oxygen atoms in total. The van der Waals surface area contributed by atoms with Crippen LogP contribution in [0.1, 0.15) is 41.0 Å². The molecule has 0 aliphatic carbocycles. The molecule has 154 valence electrons. The second-order valence-electron chi connectivity index (χ2n) is 7.80. The summed E-state index contributed by atoms with van der Waals surface area (Å²) in [6, 6.07) is 41.8. The van der Waals surface area contributed by atoms with Crippen LogP contribution in [0.4, 0.5) is 0 Å². The number of carboxylic acid groups (broad SMARTS) is 1. The quantitative estimate of drug-likeness (QED) is 0.332. The van der Waals surface area contributed by atoms with E-state index in [2.05, 4.69) is 84.9 Å². The molecule has 0 saturated heterocycles. The molecule has 0 saturated carbocycles. The topological polar surface area (TPSA) is 37.3 Å². The van der Waals surface area contributed by atoms with Crippen molar-refractivity contribution < 1.29 is 9.90 Å². The van der Waals surface area contributed by atoms with Gasteiger partial charge in [0, 0.05) is 12.3 Å². The molecule has 0 amide bonds. The molecule has 0 bridgehead atoms. The summed E-state index contributed by atoms with van der Waals surface area (Å²) in [7, 11) is 0. The van der Waals surface area contributed by atoms with Gasteiger partial charge in [-0.1, -0.05) is 121 Å². The van der Waals surface area contributed by atoms with Gasteiger partial charge in [0.25, 0.3) is 0 Å². The summed E-state index contributed by atoms with van der Waals surface area (Å²) >= 11 is 0. The molecule has 0 heterocycles. The lowest BCUT2D eigenvalue weighted by molar-refractivity contribution is -0.137. The Morgan fingerprint density at radius 1 is 0.613 bits per heavy atom. The smallest absolute Gasteiger partial charge is 0.303 e. The third kappa shape index (κ3) is 4.15. The first-order chi connectivity index (χ1) is 15.2. The van der Waals surface area contributed by atoms with Crippen LogP contribution in [0.2, 0.25) is 0 Å². The molecule has 4 aromatic carbocycles. The first-order valence-electron chi connectivity index (χ1n) is 10.7. The third-order valence-corrected chi connectivity index (χ3v) is 6.06. The van der Waals surface area contributed by atoms with Gasteiger partial charge in [-0.15, -0.1) is 0 Å². The van der Waals surface area contributed by atoms with Crippen molar-refractivity contribution in [2.45, 2.75) is 24.2 Å². The maximum absolute atomic E-state index is 11.7. The lowest BCUT2D eigenvalue weighted by Crippen LogP contribution is -2.37. The lowest BCUT2D eigenvalue weighted by Gasteiger charge is -2.43. The number of hydrogen-bond donors (Lipinski definition) is 1. The van der Waals surface area contributed by atoms with Crippen LogP contribution in [-0.4, -0.2) is 11.1 Å². The van der Waals surface area contributed by atoms with Crippen LogP contribution in [0.15, 0.2) is 121 Å². The van der Waals surface area contributed by atoms with Gasteiger partial charge in [-0.05, 0) is 28.7 Å². The van der Waals surface area contributed by atoms with Crippen molar-refractivity contribution in [1.82, 2.24) is 0 Å². The van der Waals surface area contributed by atoms with E-state index in [1.54, 1.807) is 0 Å². The number of rotatable bonds is 8. The molecule has 4 rings (SSSR count). The van der Waals surface area contributed by atoms with E-state index in [-0.39, 0.29) is 12.3 Å². The summed E-state index contributed by atoms with van der Waals surface area (Å²) in [5, 5.41) is 9.59. The van der Waals surface area contributed by atoms with Gasteiger partial charge in [0.05, 0.1) is 5.41 Å². The Morgan fingerprint density at radius 2 is 0.968 bits per heavy atom. The van der Waals surface area contributed by atoms with Gasteiger partial charge >= 0.3 is 5.97 Å². The summed E-state index contributed by atoms with van der Waals surface area (Å²) in [6.45, 7) is 0. The zero-order valence-electron chi connectivity index (χ0n) is 17.4. The first-order valence-corrected chi connectivity index (χ1v) is 10.7. The summed E-state index contributed by atoms with van der Waals surface area (Å²) in [5.41, 5.74) is 4.09. The Kier molecular flexibility index (Phi) is 6.28. The average molecular weight is 407 g/mol. The van der Waals surface area contributed by atoms with E-state index in [4.69, 9.17) is 0 Å². The van der Waals surface area contributed by atoms with Crippen molar-refractivity contribution in [1.29, 1.82) is 0 Å². The van der Waals surface area contributed by atoms with Crippen LogP contribution < -0.4 is 0 Å². The molecule has 0 spiro atoms. The van der Waals surface area contributed by atoms with Crippen LogP contribution in [0, 0.1) is 0 Å². The minimum atomic E-state index is -0.774. The highest BCUT2D eigenvalue weighted by atomic mass is 16.4. The average Bonchev–Trinajstić information content (AvgIpc) is 2.84. The summed E-state index contributed by atoms with van der Waals surface area (Å²) in [5.74, 6) is -0.832. The van der Waals surface area contributed by atoms with Crippen LogP contribution in [0.3, 0.4) is 0 Å². The Labute approximate surface area is 183 Å². The zero-order chi connectivity index (χ0) is 21.5. The van der Waals surface area contributed by atoms with Crippen molar-refractivity contribution in [2.75, 3.05) is 0 Å². The van der Waals surface area contributed by atoms with Gasteiger partial charge in [0.15, 0.2) is 0 Å². The number of benzene rings is 4. The number of aliphatic carboxylic acids is 1. The maximum atomic E-state index is 11.7. The van der Waals surface area contributed by atoms with Crippen LogP contribution in [0.5, 0.6) is 0 Å². The first kappa shape index (κ1) is 20.6. The predicted octanol–water partition coefficient (Wildman–Crippen LogP) is 6.67. The third-order valence-electron chi connectivity index (χ3n) is 6.06. The Hall–Kier alpha value is -3.65. The van der Waals surface area contributed by atoms with Crippen molar-refractivity contribution in [3.63, 3.8) is 0 Å². The van der Waals surface area contributed by atoms with E-state index in [9.17, 15) is 9.90 Å². The molecule has 0 aliphatic heterocycles. The minimum absolute atomic E-state index is 0.0583. The standard InChI is InChI=1S/C29H26O2/c30-28(31)22-21-27(23-13-5-1-6-14-23)29(24-15-7-2-8-16-24,25-17-9-3-10-18-25)26-19-11-4-12-20-26/h1-20,27H,21-22H2,(H,30,31)/t27-/m1/s1. The van der Waals surface area contributed by atoms with Gasteiger partial charge in [0.1, 0.15) is 0 Å². The van der Waals surface area contributed by atoms with Crippen molar-refractivity contribution in [3.8, 4) is 0 Å². The Balaban J connectivity index is 2.07. The van der Waals surface area contributed by atoms with Crippen molar-refractivity contribution in [3.05, 3.63) is 144 Å². The summed E-state index contributed by atoms with van der Waals surface area (Å²) in [6.07, 6.45) is 0.631. The van der Waals surface area contributed by atoms with Crippen molar-refractivity contribution in [2.24, 2.45) is 0 Å². The molecule has 0 aliphatic rings. The zero-order valence-corrected chi connectivity index (χ0v) is 17.4. The van der Waals surface area contributed by atoms with Crippen molar-refractivity contribution >= 4 is 5.97 Å². The highest BCUT2D eigenvalue weighted by Gasteiger charge is 2.44. The fourth-order valence-electron chi connectivity index (χ4n) is 4.79. The summed E-state index contributed by atoms with van der Waals surface area (Å²) < 4.78 is 0. The highest BCUT2D eigenvalue weighted by molar-refractivity contribution is 5.67. The van der Waals surface area contributed by atoms with Gasteiger partial charge in [-0.3, -0.25) is 4.79 Å². The van der Waals surface area contributed by atoms with E-state index >= 15 is 0 Å². The molecule has 0 unspecified atom stereocenters. The molecular formula is C29H26O2. The second-order valence-corrected chi connectivity index (χ2v) is 7.80. The van der Waals surface area contributed by atoms with E-state index < -0.39 is 11.4 Å². The normalized spacial score (nSPS) is 12.3. The highest BCUT2D eigenvalue weighted by Crippen LogP contribution is 2.51. The monoisotopic (exact) mass is 406 g/mol. The lowest BCUT2D eigenvalue weighted by atomic mass is 9.59. The molecule has 0 aromatic heterocycles. The molecule has 1 atom stereocenters. The minimum Gasteiger partial charge on any atom is -0.481 e. The summed E-state index contributed by atoms with van der Waals surface area (Å²) in [4.78, 5) is 11.7. The van der Waals surface area contributed by atoms with E-state index in [0.717, 1.165) is 22.3 Å². The number of carboxylic acids is 1. The Morgan fingerprint density at radius 3 is 1.32 bits per heavy atom. The molecule has 0 fully saturated rings. The number of carbonyl (C=O) groups is 1. The fourth-order valence-corrected chi connectivity index (χ4v) is 4.79. The fraction of sp³-hybridized carbons (Fsp3) is 0.138. The molecule has 1 N–H and O–H groups in total. The van der Waals surface area contributed by atoms with E-state index in [1.807, 2.05) is 36.4 Å². The second kappa shape index (κ2) is 9.44.